The zero-order chi connectivity index (χ0) is 20.1. The summed E-state index contributed by atoms with van der Waals surface area (Å²) in [5.41, 5.74) is 5.29. The molecule has 2 N–H and O–H groups in total. The van der Waals surface area contributed by atoms with Crippen molar-refractivity contribution in [3.05, 3.63) is 81.6 Å². The summed E-state index contributed by atoms with van der Waals surface area (Å²) in [6, 6.07) is 15.4. The Morgan fingerprint density at radius 1 is 1.04 bits per heavy atom. The topological polar surface area (TPSA) is 66.9 Å². The van der Waals surface area contributed by atoms with Crippen molar-refractivity contribution in [3.63, 3.8) is 0 Å². The molecule has 0 fully saturated rings. The second-order valence-electron chi connectivity index (χ2n) is 6.80. The van der Waals surface area contributed by atoms with Gasteiger partial charge in [0.05, 0.1) is 0 Å². The van der Waals surface area contributed by atoms with Crippen molar-refractivity contribution in [1.82, 2.24) is 15.3 Å². The zero-order valence-electron chi connectivity index (χ0n) is 16.2. The summed E-state index contributed by atoms with van der Waals surface area (Å²) in [7, 11) is 0. The first-order valence-electron chi connectivity index (χ1n) is 9.13. The Morgan fingerprint density at radius 3 is 2.64 bits per heavy atom. The number of halogens is 1. The molecule has 0 aliphatic heterocycles. The Morgan fingerprint density at radius 2 is 1.86 bits per heavy atom. The second-order valence-corrected chi connectivity index (χ2v) is 7.23. The van der Waals surface area contributed by atoms with Crippen molar-refractivity contribution in [2.45, 2.75) is 27.2 Å². The highest BCUT2D eigenvalue weighted by Gasteiger charge is 2.11. The van der Waals surface area contributed by atoms with Crippen molar-refractivity contribution in [2.75, 3.05) is 11.9 Å². The highest BCUT2D eigenvalue weighted by molar-refractivity contribution is 6.30. The van der Waals surface area contributed by atoms with Crippen molar-refractivity contribution < 1.29 is 4.79 Å². The third-order valence-corrected chi connectivity index (χ3v) is 4.55. The number of benzene rings is 2. The summed E-state index contributed by atoms with van der Waals surface area (Å²) in [6.45, 7) is 6.39. The van der Waals surface area contributed by atoms with E-state index in [1.165, 1.54) is 0 Å². The first kappa shape index (κ1) is 19.8. The summed E-state index contributed by atoms with van der Waals surface area (Å²) < 4.78 is 0. The van der Waals surface area contributed by atoms with E-state index in [-0.39, 0.29) is 5.91 Å². The quantitative estimate of drug-likeness (QED) is 0.631. The Kier molecular flexibility index (Phi) is 6.26. The number of carbonyl (C=O) groups is 1. The number of hydrogen-bond acceptors (Lipinski definition) is 4. The van der Waals surface area contributed by atoms with Crippen LogP contribution >= 0.6 is 11.6 Å². The molecular weight excluding hydrogens is 372 g/mol. The van der Waals surface area contributed by atoms with Crippen LogP contribution in [0.25, 0.3) is 0 Å². The molecule has 144 valence electrons. The molecule has 0 spiro atoms. The van der Waals surface area contributed by atoms with Crippen molar-refractivity contribution in [3.8, 4) is 0 Å². The standard InChI is InChI=1S/C22H23ClN4O/c1-14-7-8-15(2)19(11-14)26-22-25-16(3)12-20(27-22)21(28)24-10-9-17-5-4-6-18(23)13-17/h4-8,11-13H,9-10H2,1-3H3,(H,24,28)(H,25,26,27). The third-order valence-electron chi connectivity index (χ3n) is 4.31. The number of rotatable bonds is 6. The average Bonchev–Trinajstić information content (AvgIpc) is 2.64. The number of nitrogens with zero attached hydrogens (tertiary/aromatic N) is 2. The lowest BCUT2D eigenvalue weighted by molar-refractivity contribution is 0.0949. The van der Waals surface area contributed by atoms with Gasteiger partial charge < -0.3 is 10.6 Å². The number of aryl methyl sites for hydroxylation is 3. The van der Waals surface area contributed by atoms with Crippen LogP contribution in [0.4, 0.5) is 11.6 Å². The fraction of sp³-hybridized carbons (Fsp3) is 0.227. The molecule has 0 bridgehead atoms. The van der Waals surface area contributed by atoms with Crippen LogP contribution in [0.15, 0.2) is 48.5 Å². The zero-order valence-corrected chi connectivity index (χ0v) is 17.0. The molecule has 0 aliphatic rings. The Labute approximate surface area is 170 Å². The maximum Gasteiger partial charge on any atom is 0.270 e. The van der Waals surface area contributed by atoms with Crippen molar-refractivity contribution in [2.24, 2.45) is 0 Å². The van der Waals surface area contributed by atoms with Gasteiger partial charge >= 0.3 is 0 Å². The minimum absolute atomic E-state index is 0.225. The van der Waals surface area contributed by atoms with Gasteiger partial charge in [0.2, 0.25) is 5.95 Å². The van der Waals surface area contributed by atoms with Gasteiger partial charge in [-0.3, -0.25) is 4.79 Å². The Bertz CT molecular complexity index is 1000. The maximum absolute atomic E-state index is 12.5. The maximum atomic E-state index is 12.5. The first-order chi connectivity index (χ1) is 13.4. The molecule has 1 amide bonds. The van der Waals surface area contributed by atoms with Crippen LogP contribution in [0, 0.1) is 20.8 Å². The summed E-state index contributed by atoms with van der Waals surface area (Å²) in [5.74, 6) is 0.185. The summed E-state index contributed by atoms with van der Waals surface area (Å²) in [6.07, 6.45) is 0.698. The van der Waals surface area contributed by atoms with E-state index in [1.807, 2.05) is 57.2 Å². The van der Waals surface area contributed by atoms with Crippen molar-refractivity contribution in [1.29, 1.82) is 0 Å². The molecule has 0 saturated carbocycles. The van der Waals surface area contributed by atoms with Crippen LogP contribution in [0.1, 0.15) is 32.9 Å². The van der Waals surface area contributed by atoms with E-state index in [2.05, 4.69) is 26.7 Å². The lowest BCUT2D eigenvalue weighted by atomic mass is 10.1. The molecule has 3 aromatic rings. The van der Waals surface area contributed by atoms with E-state index < -0.39 is 0 Å². The van der Waals surface area contributed by atoms with Gasteiger partial charge in [-0.05, 0) is 68.1 Å². The number of hydrogen-bond donors (Lipinski definition) is 2. The van der Waals surface area contributed by atoms with Crippen LogP contribution in [-0.4, -0.2) is 22.4 Å². The molecule has 6 heteroatoms. The smallest absolute Gasteiger partial charge is 0.270 e. The SMILES string of the molecule is Cc1ccc(C)c(Nc2nc(C)cc(C(=O)NCCc3cccc(Cl)c3)n2)c1. The molecule has 5 nitrogen and oxygen atoms in total. The predicted molar refractivity (Wildman–Crippen MR) is 113 cm³/mol. The van der Waals surface area contributed by atoms with Crippen LogP contribution < -0.4 is 10.6 Å². The Balaban J connectivity index is 1.68. The van der Waals surface area contributed by atoms with Gasteiger partial charge in [0.1, 0.15) is 5.69 Å². The van der Waals surface area contributed by atoms with Crippen molar-refractivity contribution >= 4 is 29.1 Å². The van der Waals surface area contributed by atoms with E-state index in [0.29, 0.717) is 29.6 Å². The molecule has 0 radical (unpaired) electrons. The van der Waals surface area contributed by atoms with E-state index >= 15 is 0 Å². The van der Waals surface area contributed by atoms with Crippen LogP contribution in [0.3, 0.4) is 0 Å². The van der Waals surface area contributed by atoms with Gasteiger partial charge in [-0.2, -0.15) is 0 Å². The summed E-state index contributed by atoms with van der Waals surface area (Å²) in [5, 5.41) is 6.82. The van der Waals surface area contributed by atoms with E-state index in [9.17, 15) is 4.79 Å². The number of anilines is 2. The fourth-order valence-corrected chi connectivity index (χ4v) is 3.05. The lowest BCUT2D eigenvalue weighted by Gasteiger charge is -2.11. The molecule has 0 atom stereocenters. The van der Waals surface area contributed by atoms with E-state index in [4.69, 9.17) is 11.6 Å². The molecule has 28 heavy (non-hydrogen) atoms. The van der Waals surface area contributed by atoms with Crippen LogP contribution in [0.5, 0.6) is 0 Å². The molecule has 0 saturated heterocycles. The van der Waals surface area contributed by atoms with Gasteiger partial charge in [0.15, 0.2) is 0 Å². The third kappa shape index (κ3) is 5.30. The van der Waals surface area contributed by atoms with Gasteiger partial charge in [0, 0.05) is 22.9 Å². The van der Waals surface area contributed by atoms with Crippen LogP contribution in [-0.2, 0) is 6.42 Å². The molecule has 0 unspecified atom stereocenters. The highest BCUT2D eigenvalue weighted by atomic mass is 35.5. The number of carbonyl (C=O) groups excluding carboxylic acids is 1. The largest absolute Gasteiger partial charge is 0.350 e. The molecule has 0 aliphatic carbocycles. The monoisotopic (exact) mass is 394 g/mol. The predicted octanol–water partition coefficient (Wildman–Crippen LogP) is 4.77. The number of amides is 1. The summed E-state index contributed by atoms with van der Waals surface area (Å²) >= 11 is 5.99. The second kappa shape index (κ2) is 8.85. The Hall–Kier alpha value is -2.92. The minimum Gasteiger partial charge on any atom is -0.350 e. The van der Waals surface area contributed by atoms with Crippen LogP contribution in [0.2, 0.25) is 5.02 Å². The molecule has 2 aromatic carbocycles. The van der Waals surface area contributed by atoms with Gasteiger partial charge in [-0.1, -0.05) is 35.9 Å². The number of aromatic nitrogens is 2. The molecule has 3 rings (SSSR count). The molecule has 1 heterocycles. The molecule has 1 aromatic heterocycles. The highest BCUT2D eigenvalue weighted by Crippen LogP contribution is 2.20. The first-order valence-corrected chi connectivity index (χ1v) is 9.51. The van der Waals surface area contributed by atoms with Gasteiger partial charge in [-0.15, -0.1) is 0 Å². The van der Waals surface area contributed by atoms with E-state index in [0.717, 1.165) is 28.1 Å². The fourth-order valence-electron chi connectivity index (χ4n) is 2.84. The summed E-state index contributed by atoms with van der Waals surface area (Å²) in [4.78, 5) is 21.3. The lowest BCUT2D eigenvalue weighted by Crippen LogP contribution is -2.27. The average molecular weight is 395 g/mol. The van der Waals surface area contributed by atoms with Gasteiger partial charge in [-0.25, -0.2) is 9.97 Å². The number of nitrogens with one attached hydrogen (secondary N) is 2. The minimum atomic E-state index is -0.225. The normalized spacial score (nSPS) is 10.6. The van der Waals surface area contributed by atoms with E-state index in [1.54, 1.807) is 6.07 Å². The molecular formula is C22H23ClN4O. The van der Waals surface area contributed by atoms with Gasteiger partial charge in [0.25, 0.3) is 5.91 Å².